The molecule has 1 unspecified atom stereocenters. The normalized spacial score (nSPS) is 12.1. The number of hydrogen-bond donors (Lipinski definition) is 2. The summed E-state index contributed by atoms with van der Waals surface area (Å²) in [4.78, 5) is 16.2. The Morgan fingerprint density at radius 1 is 1.35 bits per heavy atom. The molecule has 0 bridgehead atoms. The maximum atomic E-state index is 12.0. The van der Waals surface area contributed by atoms with Crippen molar-refractivity contribution in [3.05, 3.63) is 48.5 Å². The number of anilines is 1. The van der Waals surface area contributed by atoms with E-state index in [2.05, 4.69) is 15.6 Å². The molecule has 2 aromatic rings. The van der Waals surface area contributed by atoms with E-state index in [0.29, 0.717) is 6.54 Å². The smallest absolute Gasteiger partial charge is 0.241 e. The van der Waals surface area contributed by atoms with Crippen LogP contribution in [0.1, 0.15) is 12.7 Å². The number of benzene rings is 1. The molecule has 0 aliphatic carbocycles. The molecule has 0 spiro atoms. The van der Waals surface area contributed by atoms with Gasteiger partial charge in [-0.25, -0.2) is 4.98 Å². The van der Waals surface area contributed by atoms with Crippen molar-refractivity contribution in [2.45, 2.75) is 19.4 Å². The average molecular weight is 272 g/mol. The monoisotopic (exact) mass is 272 g/mol. The van der Waals surface area contributed by atoms with E-state index in [1.807, 2.05) is 55.1 Å². The molecule has 1 atom stereocenters. The third-order valence-electron chi connectivity index (χ3n) is 3.15. The zero-order valence-corrected chi connectivity index (χ0v) is 11.8. The van der Waals surface area contributed by atoms with Gasteiger partial charge in [0, 0.05) is 38.1 Å². The molecule has 5 nitrogen and oxygen atoms in total. The van der Waals surface area contributed by atoms with E-state index in [4.69, 9.17) is 0 Å². The molecule has 2 rings (SSSR count). The summed E-state index contributed by atoms with van der Waals surface area (Å²) in [6, 6.07) is 9.22. The molecule has 0 radical (unpaired) electrons. The number of aryl methyl sites for hydroxylation is 1. The minimum atomic E-state index is -0.240. The summed E-state index contributed by atoms with van der Waals surface area (Å²) in [5.74, 6) is 0.976. The van der Waals surface area contributed by atoms with Gasteiger partial charge in [-0.3, -0.25) is 4.79 Å². The summed E-state index contributed by atoms with van der Waals surface area (Å²) in [6.45, 7) is 2.57. The van der Waals surface area contributed by atoms with Gasteiger partial charge >= 0.3 is 0 Å². The first-order valence-electron chi connectivity index (χ1n) is 6.72. The SMILES string of the molecule is CC(NCCc1nccn1C)C(=O)Nc1ccccc1. The second kappa shape index (κ2) is 6.86. The van der Waals surface area contributed by atoms with E-state index in [0.717, 1.165) is 17.9 Å². The summed E-state index contributed by atoms with van der Waals surface area (Å²) in [5.41, 5.74) is 0.815. The van der Waals surface area contributed by atoms with Crippen LogP contribution in [0.15, 0.2) is 42.7 Å². The summed E-state index contributed by atoms with van der Waals surface area (Å²) in [5, 5.41) is 6.08. The average Bonchev–Trinajstić information content (AvgIpc) is 2.85. The van der Waals surface area contributed by atoms with Gasteiger partial charge in [0.1, 0.15) is 5.82 Å². The predicted molar refractivity (Wildman–Crippen MR) is 79.4 cm³/mol. The van der Waals surface area contributed by atoms with Crippen molar-refractivity contribution in [1.82, 2.24) is 14.9 Å². The highest BCUT2D eigenvalue weighted by Gasteiger charge is 2.12. The van der Waals surface area contributed by atoms with Crippen molar-refractivity contribution in [2.75, 3.05) is 11.9 Å². The molecule has 1 aromatic heterocycles. The number of rotatable bonds is 6. The largest absolute Gasteiger partial charge is 0.338 e. The van der Waals surface area contributed by atoms with Crippen LogP contribution < -0.4 is 10.6 Å². The van der Waals surface area contributed by atoms with Crippen molar-refractivity contribution >= 4 is 11.6 Å². The molecule has 0 fully saturated rings. The van der Waals surface area contributed by atoms with Gasteiger partial charge in [0.05, 0.1) is 6.04 Å². The number of amides is 1. The van der Waals surface area contributed by atoms with Crippen LogP contribution in [0, 0.1) is 0 Å². The van der Waals surface area contributed by atoms with Crippen LogP contribution in [-0.2, 0) is 18.3 Å². The van der Waals surface area contributed by atoms with Gasteiger partial charge in [0.2, 0.25) is 5.91 Å². The van der Waals surface area contributed by atoms with Crippen LogP contribution in [0.4, 0.5) is 5.69 Å². The fourth-order valence-electron chi connectivity index (χ4n) is 1.90. The van der Waals surface area contributed by atoms with E-state index < -0.39 is 0 Å². The summed E-state index contributed by atoms with van der Waals surface area (Å²) >= 11 is 0. The molecule has 1 aromatic carbocycles. The Morgan fingerprint density at radius 2 is 2.10 bits per heavy atom. The number of para-hydroxylation sites is 1. The summed E-state index contributed by atoms with van der Waals surface area (Å²) in [7, 11) is 1.97. The van der Waals surface area contributed by atoms with Crippen LogP contribution in [0.5, 0.6) is 0 Å². The van der Waals surface area contributed by atoms with Gasteiger partial charge in [0.15, 0.2) is 0 Å². The zero-order chi connectivity index (χ0) is 14.4. The number of aromatic nitrogens is 2. The molecule has 0 aliphatic heterocycles. The van der Waals surface area contributed by atoms with E-state index in [-0.39, 0.29) is 11.9 Å². The van der Waals surface area contributed by atoms with Gasteiger partial charge < -0.3 is 15.2 Å². The molecule has 0 saturated carbocycles. The Balaban J connectivity index is 1.75. The number of hydrogen-bond acceptors (Lipinski definition) is 3. The van der Waals surface area contributed by atoms with Gasteiger partial charge in [-0.15, -0.1) is 0 Å². The number of carbonyl (C=O) groups excluding carboxylic acids is 1. The van der Waals surface area contributed by atoms with E-state index in [9.17, 15) is 4.79 Å². The Morgan fingerprint density at radius 3 is 2.75 bits per heavy atom. The molecular weight excluding hydrogens is 252 g/mol. The molecule has 5 heteroatoms. The summed E-state index contributed by atoms with van der Waals surface area (Å²) in [6.07, 6.45) is 4.49. The molecule has 0 saturated heterocycles. The highest BCUT2D eigenvalue weighted by Crippen LogP contribution is 2.05. The fourth-order valence-corrected chi connectivity index (χ4v) is 1.90. The van der Waals surface area contributed by atoms with Gasteiger partial charge in [0.25, 0.3) is 0 Å². The molecular formula is C15H20N4O. The summed E-state index contributed by atoms with van der Waals surface area (Å²) < 4.78 is 1.98. The Kier molecular flexibility index (Phi) is 4.90. The highest BCUT2D eigenvalue weighted by molar-refractivity contribution is 5.94. The Hall–Kier alpha value is -2.14. The van der Waals surface area contributed by atoms with Crippen molar-refractivity contribution < 1.29 is 4.79 Å². The standard InChI is InChI=1S/C15H20N4O/c1-12(15(20)18-13-6-4-3-5-7-13)16-9-8-14-17-10-11-19(14)2/h3-7,10-12,16H,8-9H2,1-2H3,(H,18,20). The molecule has 2 N–H and O–H groups in total. The second-order valence-electron chi connectivity index (χ2n) is 4.74. The lowest BCUT2D eigenvalue weighted by molar-refractivity contribution is -0.117. The maximum Gasteiger partial charge on any atom is 0.241 e. The lowest BCUT2D eigenvalue weighted by atomic mass is 10.2. The first-order valence-corrected chi connectivity index (χ1v) is 6.72. The lowest BCUT2D eigenvalue weighted by Crippen LogP contribution is -2.39. The van der Waals surface area contributed by atoms with Gasteiger partial charge in [-0.05, 0) is 19.1 Å². The zero-order valence-electron chi connectivity index (χ0n) is 11.8. The Bertz CT molecular complexity index is 550. The van der Waals surface area contributed by atoms with Crippen LogP contribution in [0.2, 0.25) is 0 Å². The van der Waals surface area contributed by atoms with Crippen LogP contribution in [0.3, 0.4) is 0 Å². The maximum absolute atomic E-state index is 12.0. The molecule has 106 valence electrons. The van der Waals surface area contributed by atoms with Crippen LogP contribution in [-0.4, -0.2) is 28.0 Å². The third kappa shape index (κ3) is 3.93. The quantitative estimate of drug-likeness (QED) is 0.839. The minimum Gasteiger partial charge on any atom is -0.338 e. The molecule has 1 heterocycles. The van der Waals surface area contributed by atoms with Crippen molar-refractivity contribution in [2.24, 2.45) is 7.05 Å². The first kappa shape index (κ1) is 14.3. The predicted octanol–water partition coefficient (Wildman–Crippen LogP) is 1.58. The topological polar surface area (TPSA) is 59.0 Å². The van der Waals surface area contributed by atoms with Crippen LogP contribution in [0.25, 0.3) is 0 Å². The first-order chi connectivity index (χ1) is 9.66. The lowest BCUT2D eigenvalue weighted by Gasteiger charge is -2.14. The van der Waals surface area contributed by atoms with Gasteiger partial charge in [-0.2, -0.15) is 0 Å². The molecule has 20 heavy (non-hydrogen) atoms. The molecule has 1 amide bonds. The van der Waals surface area contributed by atoms with E-state index in [1.165, 1.54) is 0 Å². The number of carbonyl (C=O) groups is 1. The number of nitrogens with one attached hydrogen (secondary N) is 2. The van der Waals surface area contributed by atoms with Crippen molar-refractivity contribution in [3.63, 3.8) is 0 Å². The fraction of sp³-hybridized carbons (Fsp3) is 0.333. The highest BCUT2D eigenvalue weighted by atomic mass is 16.2. The third-order valence-corrected chi connectivity index (χ3v) is 3.15. The van der Waals surface area contributed by atoms with E-state index in [1.54, 1.807) is 6.20 Å². The van der Waals surface area contributed by atoms with Gasteiger partial charge in [-0.1, -0.05) is 18.2 Å². The van der Waals surface area contributed by atoms with Crippen LogP contribution >= 0.6 is 0 Å². The Labute approximate surface area is 119 Å². The second-order valence-corrected chi connectivity index (χ2v) is 4.74. The molecule has 0 aliphatic rings. The number of imidazole rings is 1. The van der Waals surface area contributed by atoms with Crippen molar-refractivity contribution in [3.8, 4) is 0 Å². The number of nitrogens with zero attached hydrogens (tertiary/aromatic N) is 2. The van der Waals surface area contributed by atoms with E-state index >= 15 is 0 Å². The van der Waals surface area contributed by atoms with Crippen molar-refractivity contribution in [1.29, 1.82) is 0 Å². The minimum absolute atomic E-state index is 0.0314.